The predicted molar refractivity (Wildman–Crippen MR) is 44.8 cm³/mol. The molecule has 0 aliphatic carbocycles. The second kappa shape index (κ2) is 2.19. The van der Waals surface area contributed by atoms with E-state index in [4.69, 9.17) is 0 Å². The van der Waals surface area contributed by atoms with Crippen LogP contribution in [0.5, 0.6) is 0 Å². The Balaban J connectivity index is 2.65. The Labute approximate surface area is 72.0 Å². The smallest absolute Gasteiger partial charge is 0.143 e. The normalized spacial score (nSPS) is 11.1. The molecule has 0 radical (unpaired) electrons. The van der Waals surface area contributed by atoms with Crippen molar-refractivity contribution in [2.75, 3.05) is 0 Å². The minimum Gasteiger partial charge on any atom is -0.197 e. The lowest BCUT2D eigenvalue weighted by atomic mass is 10.2. The van der Waals surface area contributed by atoms with E-state index < -0.39 is 0 Å². The largest absolute Gasteiger partial charge is 0.197 e. The molecule has 3 aromatic rings. The van der Waals surface area contributed by atoms with Crippen LogP contribution in [-0.4, -0.2) is 30.8 Å². The molecule has 0 atom stereocenters. The van der Waals surface area contributed by atoms with Gasteiger partial charge in [-0.2, -0.15) is 15.4 Å². The molecular weight excluding hydrogens is 168 g/mol. The van der Waals surface area contributed by atoms with Crippen LogP contribution >= 0.6 is 0 Å². The fraction of sp³-hybridized carbons (Fsp3) is 0. The van der Waals surface area contributed by atoms with Crippen molar-refractivity contribution in [2.45, 2.75) is 0 Å². The van der Waals surface area contributed by atoms with Crippen molar-refractivity contribution >= 4 is 21.9 Å². The van der Waals surface area contributed by atoms with Gasteiger partial charge in [0, 0.05) is 5.39 Å². The highest BCUT2D eigenvalue weighted by Gasteiger charge is 2.04. The highest BCUT2D eigenvalue weighted by molar-refractivity contribution is 6.00. The van der Waals surface area contributed by atoms with Crippen molar-refractivity contribution in [3.05, 3.63) is 18.3 Å². The molecule has 0 bridgehead atoms. The summed E-state index contributed by atoms with van der Waals surface area (Å²) in [6.07, 6.45) is 1.69. The van der Waals surface area contributed by atoms with Gasteiger partial charge in [-0.1, -0.05) is 0 Å². The van der Waals surface area contributed by atoms with Crippen LogP contribution in [0.25, 0.3) is 21.9 Å². The van der Waals surface area contributed by atoms with Crippen LogP contribution in [0.15, 0.2) is 18.3 Å². The minimum absolute atomic E-state index is 0.705. The Morgan fingerprint density at radius 2 is 2.08 bits per heavy atom. The van der Waals surface area contributed by atoms with E-state index in [1.807, 2.05) is 12.1 Å². The Hall–Kier alpha value is -2.11. The van der Waals surface area contributed by atoms with Crippen molar-refractivity contribution in [1.29, 1.82) is 0 Å². The Bertz CT molecular complexity index is 571. The van der Waals surface area contributed by atoms with Crippen LogP contribution in [0.2, 0.25) is 0 Å². The van der Waals surface area contributed by atoms with Crippen molar-refractivity contribution in [2.24, 2.45) is 0 Å². The Morgan fingerprint density at radius 1 is 1.08 bits per heavy atom. The fourth-order valence-electron chi connectivity index (χ4n) is 1.28. The quantitative estimate of drug-likeness (QED) is 0.527. The summed E-state index contributed by atoms with van der Waals surface area (Å²) in [5.41, 5.74) is 2.20. The number of hydrogen-bond acceptors (Lipinski definition) is 5. The lowest BCUT2D eigenvalue weighted by molar-refractivity contribution is 0.895. The standard InChI is InChI=1S/C7H4N6/c1-2-5-7(11-13-9-5)6-4(1)3-8-12-10-6/h1-3,12H. The number of hydrogen-bond donors (Lipinski definition) is 1. The van der Waals surface area contributed by atoms with Gasteiger partial charge in [-0.15, -0.1) is 10.2 Å². The fourth-order valence-corrected chi connectivity index (χ4v) is 1.28. The molecule has 3 rings (SSSR count). The molecule has 0 aliphatic heterocycles. The molecule has 6 heteroatoms. The SMILES string of the molecule is c1cc2nnnc2c2n[nH]ncc12. The molecule has 0 unspecified atom stereocenters. The number of rotatable bonds is 0. The maximum atomic E-state index is 4.00. The van der Waals surface area contributed by atoms with E-state index in [9.17, 15) is 0 Å². The molecule has 13 heavy (non-hydrogen) atoms. The van der Waals surface area contributed by atoms with Gasteiger partial charge in [-0.05, 0) is 17.3 Å². The average molecular weight is 172 g/mol. The summed E-state index contributed by atoms with van der Waals surface area (Å²) in [7, 11) is 0. The summed E-state index contributed by atoms with van der Waals surface area (Å²) in [6.45, 7) is 0. The van der Waals surface area contributed by atoms with Gasteiger partial charge in [0.1, 0.15) is 16.6 Å². The summed E-state index contributed by atoms with van der Waals surface area (Å²) in [5.74, 6) is 0. The van der Waals surface area contributed by atoms with Gasteiger partial charge in [0.15, 0.2) is 0 Å². The Kier molecular flexibility index (Phi) is 1.08. The van der Waals surface area contributed by atoms with E-state index in [2.05, 4.69) is 30.8 Å². The molecule has 0 spiro atoms. The molecule has 6 nitrogen and oxygen atoms in total. The number of nitrogens with one attached hydrogen (secondary N) is 1. The molecular formula is C7H4N6. The van der Waals surface area contributed by atoms with Gasteiger partial charge >= 0.3 is 0 Å². The van der Waals surface area contributed by atoms with Crippen LogP contribution in [0.1, 0.15) is 0 Å². The number of H-pyrrole nitrogens is 1. The van der Waals surface area contributed by atoms with Crippen molar-refractivity contribution < 1.29 is 0 Å². The van der Waals surface area contributed by atoms with Gasteiger partial charge in [0.25, 0.3) is 0 Å². The summed E-state index contributed by atoms with van der Waals surface area (Å²) in [4.78, 5) is 0. The average Bonchev–Trinajstić information content (AvgIpc) is 2.65. The number of fused-ring (bicyclic) bond motifs is 3. The van der Waals surface area contributed by atoms with Crippen LogP contribution in [0, 0.1) is 0 Å². The van der Waals surface area contributed by atoms with E-state index in [1.165, 1.54) is 0 Å². The molecule has 0 aliphatic rings. The zero-order chi connectivity index (χ0) is 8.67. The molecule has 1 aromatic carbocycles. The number of nitrogens with zero attached hydrogens (tertiary/aromatic N) is 5. The first-order valence-electron chi connectivity index (χ1n) is 3.73. The van der Waals surface area contributed by atoms with Crippen LogP contribution < -0.4 is 0 Å². The maximum absolute atomic E-state index is 4.00. The number of aromatic amines is 1. The topological polar surface area (TPSA) is 80.2 Å². The second-order valence-corrected chi connectivity index (χ2v) is 2.63. The van der Waals surface area contributed by atoms with Crippen LogP contribution in [0.4, 0.5) is 0 Å². The first kappa shape index (κ1) is 6.41. The van der Waals surface area contributed by atoms with E-state index in [0.29, 0.717) is 5.52 Å². The minimum atomic E-state index is 0.705. The summed E-state index contributed by atoms with van der Waals surface area (Å²) in [6, 6.07) is 3.74. The molecule has 1 N–H and O–H groups in total. The van der Waals surface area contributed by atoms with Gasteiger partial charge < -0.3 is 0 Å². The molecule has 2 aromatic heterocycles. The molecule has 62 valence electrons. The monoisotopic (exact) mass is 172 g/mol. The van der Waals surface area contributed by atoms with Gasteiger partial charge in [0.05, 0.1) is 6.20 Å². The van der Waals surface area contributed by atoms with E-state index >= 15 is 0 Å². The first-order valence-corrected chi connectivity index (χ1v) is 3.73. The molecule has 0 amide bonds. The van der Waals surface area contributed by atoms with E-state index in [0.717, 1.165) is 16.4 Å². The molecule has 0 saturated carbocycles. The van der Waals surface area contributed by atoms with E-state index in [-0.39, 0.29) is 0 Å². The lowest BCUT2D eigenvalue weighted by Gasteiger charge is -1.93. The summed E-state index contributed by atoms with van der Waals surface area (Å²) >= 11 is 0. The van der Waals surface area contributed by atoms with Gasteiger partial charge in [0.2, 0.25) is 0 Å². The highest BCUT2D eigenvalue weighted by atomic mass is 15.3. The third kappa shape index (κ3) is 0.792. The molecule has 0 saturated heterocycles. The summed E-state index contributed by atoms with van der Waals surface area (Å²) < 4.78 is 0. The second-order valence-electron chi connectivity index (χ2n) is 2.63. The van der Waals surface area contributed by atoms with Crippen LogP contribution in [-0.2, 0) is 0 Å². The summed E-state index contributed by atoms with van der Waals surface area (Å²) in [5, 5.41) is 22.5. The van der Waals surface area contributed by atoms with Crippen molar-refractivity contribution in [3.8, 4) is 0 Å². The Morgan fingerprint density at radius 3 is 3.08 bits per heavy atom. The maximum Gasteiger partial charge on any atom is 0.143 e. The van der Waals surface area contributed by atoms with Crippen molar-refractivity contribution in [1.82, 2.24) is 30.8 Å². The van der Waals surface area contributed by atoms with Crippen LogP contribution in [0.3, 0.4) is 0 Å². The van der Waals surface area contributed by atoms with Gasteiger partial charge in [-0.25, -0.2) is 0 Å². The first-order chi connectivity index (χ1) is 6.45. The number of benzene rings is 1. The third-order valence-corrected chi connectivity index (χ3v) is 1.88. The van der Waals surface area contributed by atoms with Crippen molar-refractivity contribution in [3.63, 3.8) is 0 Å². The van der Waals surface area contributed by atoms with Gasteiger partial charge in [-0.3, -0.25) is 0 Å². The zero-order valence-electron chi connectivity index (χ0n) is 6.47. The third-order valence-electron chi connectivity index (χ3n) is 1.88. The predicted octanol–water partition coefficient (Wildman–Crippen LogP) is 0.296. The molecule has 2 heterocycles. The number of aromatic nitrogens is 6. The zero-order valence-corrected chi connectivity index (χ0v) is 6.47. The highest BCUT2D eigenvalue weighted by Crippen LogP contribution is 2.17. The van der Waals surface area contributed by atoms with E-state index in [1.54, 1.807) is 6.20 Å². The molecule has 0 fully saturated rings. The lowest BCUT2D eigenvalue weighted by Crippen LogP contribution is -1.87.